The molecule has 21 heavy (non-hydrogen) atoms. The van der Waals surface area contributed by atoms with Crippen LogP contribution in [0, 0.1) is 0 Å². The number of fused-ring (bicyclic) bond motifs is 1. The fourth-order valence-electron chi connectivity index (χ4n) is 1.94. The van der Waals surface area contributed by atoms with Crippen LogP contribution in [0.3, 0.4) is 0 Å². The van der Waals surface area contributed by atoms with Crippen LogP contribution < -0.4 is 4.74 Å². The zero-order valence-electron chi connectivity index (χ0n) is 10.8. The molecule has 0 fully saturated rings. The summed E-state index contributed by atoms with van der Waals surface area (Å²) in [5, 5.41) is 0.955. The summed E-state index contributed by atoms with van der Waals surface area (Å²) in [6.45, 7) is 0.441. The number of hydrogen-bond acceptors (Lipinski definition) is 3. The number of hydrogen-bond donors (Lipinski definition) is 0. The summed E-state index contributed by atoms with van der Waals surface area (Å²) >= 11 is 14.5. The smallest absolute Gasteiger partial charge is 0.148 e. The van der Waals surface area contributed by atoms with Gasteiger partial charge in [0.05, 0.1) is 19.2 Å². The number of para-hydroxylation sites is 1. The van der Waals surface area contributed by atoms with Gasteiger partial charge in [0.2, 0.25) is 0 Å². The molecule has 0 N–H and O–H groups in total. The number of halogens is 3. The van der Waals surface area contributed by atoms with Crippen LogP contribution in [0.2, 0.25) is 0 Å². The second-order valence-electron chi connectivity index (χ2n) is 4.39. The molecule has 3 rings (SSSR count). The average molecular weight is 448 g/mol. The lowest BCUT2D eigenvalue weighted by Crippen LogP contribution is -1.97. The standard InChI is InChI=1S/C15H10Br2ClNOS/c16-10-5-9(7-18)6-11(17)15(10)20-8-14-19-12-3-1-2-4-13(12)21-14/h1-6H,7-8H2. The third-order valence-electron chi connectivity index (χ3n) is 2.89. The summed E-state index contributed by atoms with van der Waals surface area (Å²) in [6, 6.07) is 12.0. The minimum Gasteiger partial charge on any atom is -0.484 e. The maximum atomic E-state index is 5.89. The molecule has 0 spiro atoms. The van der Waals surface area contributed by atoms with Gasteiger partial charge in [-0.1, -0.05) is 12.1 Å². The van der Waals surface area contributed by atoms with E-state index in [1.165, 1.54) is 4.70 Å². The Labute approximate surface area is 148 Å². The van der Waals surface area contributed by atoms with Gasteiger partial charge in [0.1, 0.15) is 17.4 Å². The Bertz CT molecular complexity index is 734. The zero-order chi connectivity index (χ0) is 14.8. The first-order valence-corrected chi connectivity index (χ1v) is 9.12. The number of aromatic nitrogens is 1. The third-order valence-corrected chi connectivity index (χ3v) is 5.39. The van der Waals surface area contributed by atoms with E-state index in [4.69, 9.17) is 16.3 Å². The molecule has 6 heteroatoms. The molecule has 0 amide bonds. The van der Waals surface area contributed by atoms with Gasteiger partial charge in [0.15, 0.2) is 0 Å². The molecular weight excluding hydrogens is 437 g/mol. The highest BCUT2D eigenvalue weighted by Crippen LogP contribution is 2.36. The van der Waals surface area contributed by atoms with Crippen molar-refractivity contribution in [1.82, 2.24) is 4.98 Å². The maximum Gasteiger partial charge on any atom is 0.148 e. The van der Waals surface area contributed by atoms with Crippen molar-refractivity contribution in [1.29, 1.82) is 0 Å². The molecule has 1 heterocycles. The second kappa shape index (κ2) is 6.65. The van der Waals surface area contributed by atoms with Crippen molar-refractivity contribution in [2.24, 2.45) is 0 Å². The number of ether oxygens (including phenoxy) is 1. The molecular formula is C15H10Br2ClNOS. The Kier molecular flexibility index (Phi) is 4.84. The molecule has 2 aromatic carbocycles. The van der Waals surface area contributed by atoms with Crippen molar-refractivity contribution in [3.05, 3.63) is 55.9 Å². The minimum absolute atomic E-state index is 0.441. The van der Waals surface area contributed by atoms with E-state index in [9.17, 15) is 0 Å². The predicted molar refractivity (Wildman–Crippen MR) is 95.4 cm³/mol. The molecule has 0 saturated carbocycles. The van der Waals surface area contributed by atoms with Gasteiger partial charge in [0, 0.05) is 5.88 Å². The Balaban J connectivity index is 1.81. The van der Waals surface area contributed by atoms with Crippen LogP contribution in [0.5, 0.6) is 5.75 Å². The van der Waals surface area contributed by atoms with Crippen LogP contribution in [-0.4, -0.2) is 4.98 Å². The summed E-state index contributed by atoms with van der Waals surface area (Å²) < 4.78 is 8.83. The first-order valence-electron chi connectivity index (χ1n) is 6.18. The quantitative estimate of drug-likeness (QED) is 0.448. The molecule has 108 valence electrons. The van der Waals surface area contributed by atoms with Gasteiger partial charge in [-0.05, 0) is 61.7 Å². The molecule has 0 saturated heterocycles. The van der Waals surface area contributed by atoms with E-state index in [1.807, 2.05) is 30.3 Å². The van der Waals surface area contributed by atoms with E-state index in [0.717, 1.165) is 30.8 Å². The number of alkyl halides is 1. The van der Waals surface area contributed by atoms with Crippen LogP contribution in [0.15, 0.2) is 45.3 Å². The highest BCUT2D eigenvalue weighted by Gasteiger charge is 2.11. The van der Waals surface area contributed by atoms with Gasteiger partial charge < -0.3 is 4.74 Å². The van der Waals surface area contributed by atoms with E-state index >= 15 is 0 Å². The van der Waals surface area contributed by atoms with Gasteiger partial charge in [0.25, 0.3) is 0 Å². The lowest BCUT2D eigenvalue weighted by atomic mass is 10.2. The fraction of sp³-hybridized carbons (Fsp3) is 0.133. The van der Waals surface area contributed by atoms with Crippen LogP contribution in [0.4, 0.5) is 0 Å². The van der Waals surface area contributed by atoms with Gasteiger partial charge in [-0.15, -0.1) is 22.9 Å². The van der Waals surface area contributed by atoms with Crippen LogP contribution in [-0.2, 0) is 12.5 Å². The molecule has 0 aliphatic rings. The van der Waals surface area contributed by atoms with Crippen molar-refractivity contribution < 1.29 is 4.74 Å². The summed E-state index contributed by atoms with van der Waals surface area (Å²) in [4.78, 5) is 4.56. The van der Waals surface area contributed by atoms with Crippen molar-refractivity contribution in [3.8, 4) is 5.75 Å². The first kappa shape index (κ1) is 15.3. The number of rotatable bonds is 4. The molecule has 0 bridgehead atoms. The maximum absolute atomic E-state index is 5.89. The van der Waals surface area contributed by atoms with Gasteiger partial charge in [-0.2, -0.15) is 0 Å². The largest absolute Gasteiger partial charge is 0.484 e. The van der Waals surface area contributed by atoms with Crippen molar-refractivity contribution in [2.75, 3.05) is 0 Å². The molecule has 0 aliphatic heterocycles. The van der Waals surface area contributed by atoms with E-state index in [1.54, 1.807) is 11.3 Å². The lowest BCUT2D eigenvalue weighted by Gasteiger charge is -2.10. The highest BCUT2D eigenvalue weighted by molar-refractivity contribution is 9.11. The van der Waals surface area contributed by atoms with E-state index in [2.05, 4.69) is 42.9 Å². The molecule has 0 radical (unpaired) electrons. The normalized spacial score (nSPS) is 11.0. The van der Waals surface area contributed by atoms with Crippen molar-refractivity contribution >= 4 is 65.0 Å². The Hall–Kier alpha value is -0.620. The highest BCUT2D eigenvalue weighted by atomic mass is 79.9. The van der Waals surface area contributed by atoms with Crippen molar-refractivity contribution in [2.45, 2.75) is 12.5 Å². The zero-order valence-corrected chi connectivity index (χ0v) is 15.5. The molecule has 0 unspecified atom stereocenters. The van der Waals surface area contributed by atoms with Gasteiger partial charge in [-0.3, -0.25) is 0 Å². The van der Waals surface area contributed by atoms with E-state index < -0.39 is 0 Å². The van der Waals surface area contributed by atoms with E-state index in [-0.39, 0.29) is 0 Å². The first-order chi connectivity index (χ1) is 10.2. The molecule has 1 aromatic heterocycles. The van der Waals surface area contributed by atoms with Crippen LogP contribution in [0.1, 0.15) is 10.6 Å². The predicted octanol–water partition coefficient (Wildman–Crippen LogP) is 6.14. The molecule has 0 atom stereocenters. The van der Waals surface area contributed by atoms with E-state index in [0.29, 0.717) is 12.5 Å². The van der Waals surface area contributed by atoms with Crippen LogP contribution in [0.25, 0.3) is 10.2 Å². The summed E-state index contributed by atoms with van der Waals surface area (Å²) in [7, 11) is 0. The Morgan fingerprint density at radius 1 is 1.14 bits per heavy atom. The lowest BCUT2D eigenvalue weighted by molar-refractivity contribution is 0.302. The summed E-state index contributed by atoms with van der Waals surface area (Å²) in [5.41, 5.74) is 2.04. The Morgan fingerprint density at radius 3 is 2.52 bits per heavy atom. The van der Waals surface area contributed by atoms with Crippen molar-refractivity contribution in [3.63, 3.8) is 0 Å². The minimum atomic E-state index is 0.441. The summed E-state index contributed by atoms with van der Waals surface area (Å²) in [5.74, 6) is 1.23. The SMILES string of the molecule is ClCc1cc(Br)c(OCc2nc3ccccc3s2)c(Br)c1. The summed E-state index contributed by atoms with van der Waals surface area (Å²) in [6.07, 6.45) is 0. The molecule has 3 aromatic rings. The van der Waals surface area contributed by atoms with Crippen LogP contribution >= 0.6 is 54.8 Å². The molecule has 2 nitrogen and oxygen atoms in total. The Morgan fingerprint density at radius 2 is 1.86 bits per heavy atom. The van der Waals surface area contributed by atoms with Gasteiger partial charge in [-0.25, -0.2) is 4.98 Å². The number of nitrogens with zero attached hydrogens (tertiary/aromatic N) is 1. The average Bonchev–Trinajstić information content (AvgIpc) is 2.88. The fourth-order valence-corrected chi connectivity index (χ4v) is 4.49. The van der Waals surface area contributed by atoms with Gasteiger partial charge >= 0.3 is 0 Å². The molecule has 0 aliphatic carbocycles. The second-order valence-corrected chi connectivity index (χ2v) is 7.48. The topological polar surface area (TPSA) is 22.1 Å². The third kappa shape index (κ3) is 3.42. The number of benzene rings is 2. The monoisotopic (exact) mass is 445 g/mol. The number of thiazole rings is 1.